The fourth-order valence-electron chi connectivity index (χ4n) is 5.16. The van der Waals surface area contributed by atoms with Crippen LogP contribution in [0.4, 0.5) is 4.79 Å². The van der Waals surface area contributed by atoms with Crippen molar-refractivity contribution in [3.8, 4) is 0 Å². The Morgan fingerprint density at radius 2 is 1.48 bits per heavy atom. The number of nitrogens with one attached hydrogen (secondary N) is 5. The molecule has 50 heavy (non-hydrogen) atoms. The molecule has 1 rings (SSSR count). The largest absolute Gasteiger partial charge is 0.444 e. The van der Waals surface area contributed by atoms with E-state index in [4.69, 9.17) is 4.74 Å². The van der Waals surface area contributed by atoms with Gasteiger partial charge in [-0.2, -0.15) is 0 Å². The van der Waals surface area contributed by atoms with Crippen LogP contribution in [0.25, 0.3) is 0 Å². The van der Waals surface area contributed by atoms with Crippen molar-refractivity contribution in [2.45, 2.75) is 139 Å². The second-order valence-corrected chi connectivity index (χ2v) is 16.5. The fourth-order valence-corrected chi connectivity index (χ4v) is 5.78. The number of aliphatic hydroxyl groups excluding tert-OH is 1. The minimum atomic E-state index is -1.18. The zero-order valence-electron chi connectivity index (χ0n) is 32.3. The van der Waals surface area contributed by atoms with Gasteiger partial charge in [0.1, 0.15) is 17.7 Å². The minimum absolute atomic E-state index is 0.0140. The number of ether oxygens (including phenoxy) is 1. The molecule has 0 unspecified atom stereocenters. The lowest BCUT2D eigenvalue weighted by atomic mass is 9.91. The first-order valence-corrected chi connectivity index (χ1v) is 18.8. The fraction of sp³-hybridized carbons (Fsp3) is 0.778. The van der Waals surface area contributed by atoms with Crippen LogP contribution in [-0.4, -0.2) is 82.7 Å². The summed E-state index contributed by atoms with van der Waals surface area (Å²) >= 11 is 1.50. The van der Waals surface area contributed by atoms with Gasteiger partial charge in [-0.15, -0.1) is 11.3 Å². The summed E-state index contributed by atoms with van der Waals surface area (Å²) in [5, 5.41) is 28.1. The highest BCUT2D eigenvalue weighted by Gasteiger charge is 2.33. The van der Waals surface area contributed by atoms with Crippen molar-refractivity contribution in [3.05, 3.63) is 16.1 Å². The van der Waals surface area contributed by atoms with Gasteiger partial charge >= 0.3 is 6.09 Å². The minimum Gasteiger partial charge on any atom is -0.444 e. The van der Waals surface area contributed by atoms with E-state index in [0.717, 1.165) is 10.7 Å². The predicted octanol–water partition coefficient (Wildman–Crippen LogP) is 3.86. The lowest BCUT2D eigenvalue weighted by molar-refractivity contribution is -0.133. The van der Waals surface area contributed by atoms with Crippen LogP contribution in [0.3, 0.4) is 0 Å². The molecule has 5 amide bonds. The molecule has 0 fully saturated rings. The number of amides is 5. The molecule has 286 valence electrons. The van der Waals surface area contributed by atoms with E-state index in [1.165, 1.54) is 11.3 Å². The van der Waals surface area contributed by atoms with Gasteiger partial charge in [0.05, 0.1) is 29.4 Å². The van der Waals surface area contributed by atoms with Crippen LogP contribution in [-0.2, 0) is 30.3 Å². The monoisotopic (exact) mass is 724 g/mol. The maximum Gasteiger partial charge on any atom is 0.407 e. The van der Waals surface area contributed by atoms with Gasteiger partial charge in [0.15, 0.2) is 0 Å². The predicted molar refractivity (Wildman–Crippen MR) is 196 cm³/mol. The van der Waals surface area contributed by atoms with E-state index in [1.807, 2.05) is 60.8 Å². The summed E-state index contributed by atoms with van der Waals surface area (Å²) in [5.74, 6) is -2.60. The van der Waals surface area contributed by atoms with E-state index < -0.39 is 53.7 Å². The third-order valence-corrected chi connectivity index (χ3v) is 8.78. The molecule has 0 aliphatic heterocycles. The standard InChI is InChI=1S/C36H64N6O7S/c1-13-25(16-26-19-50-24(9)39-26)32(45)41-28(18-38-35(48)49-36(10,11)12)33(46)40-27(14-20(2)3)29(43)15-23(8)31(44)42-30(22(6)7)34(47)37-17-21(4)5/h19-23,25,27-30,43H,13-18H2,1-12H3,(H,37,47)(H,38,48)(H,40,46)(H,41,45)(H,42,44)/t23-,25+,27+,28+,29+,30+/m1/s1. The van der Waals surface area contributed by atoms with Crippen molar-refractivity contribution in [1.82, 2.24) is 31.6 Å². The number of hydrogen-bond donors (Lipinski definition) is 6. The number of rotatable bonds is 20. The summed E-state index contributed by atoms with van der Waals surface area (Å²) in [4.78, 5) is 70.2. The summed E-state index contributed by atoms with van der Waals surface area (Å²) in [6, 6.07) is -2.69. The molecule has 1 aromatic heterocycles. The molecule has 0 bridgehead atoms. The highest BCUT2D eigenvalue weighted by Crippen LogP contribution is 2.18. The number of thiazole rings is 1. The Bertz CT molecular complexity index is 1250. The Morgan fingerprint density at radius 1 is 0.840 bits per heavy atom. The van der Waals surface area contributed by atoms with Gasteiger partial charge < -0.3 is 36.4 Å². The van der Waals surface area contributed by atoms with Crippen LogP contribution in [0.15, 0.2) is 5.38 Å². The number of alkyl carbamates (subject to hydrolysis) is 1. The van der Waals surface area contributed by atoms with Crippen molar-refractivity contribution in [2.24, 2.45) is 29.6 Å². The topological polar surface area (TPSA) is 188 Å². The second kappa shape index (κ2) is 21.2. The van der Waals surface area contributed by atoms with Gasteiger partial charge in [-0.3, -0.25) is 19.2 Å². The van der Waals surface area contributed by atoms with Gasteiger partial charge in [-0.1, -0.05) is 55.4 Å². The highest BCUT2D eigenvalue weighted by molar-refractivity contribution is 7.09. The number of carbonyl (C=O) groups is 5. The smallest absolute Gasteiger partial charge is 0.407 e. The van der Waals surface area contributed by atoms with Crippen molar-refractivity contribution < 1.29 is 33.8 Å². The number of aromatic nitrogens is 1. The zero-order chi connectivity index (χ0) is 38.3. The third-order valence-electron chi connectivity index (χ3n) is 7.96. The first-order chi connectivity index (χ1) is 23.1. The Hall–Kier alpha value is -3.26. The molecule has 0 aliphatic rings. The van der Waals surface area contributed by atoms with Crippen molar-refractivity contribution in [3.63, 3.8) is 0 Å². The molecular weight excluding hydrogens is 660 g/mol. The van der Waals surface area contributed by atoms with E-state index in [2.05, 4.69) is 31.6 Å². The van der Waals surface area contributed by atoms with E-state index in [0.29, 0.717) is 25.8 Å². The molecule has 6 atom stereocenters. The molecule has 0 aromatic carbocycles. The Kier molecular flexibility index (Phi) is 19.0. The number of aliphatic hydroxyl groups is 1. The zero-order valence-corrected chi connectivity index (χ0v) is 33.1. The third kappa shape index (κ3) is 17.1. The normalized spacial score (nSPS) is 15.4. The molecule has 0 aliphatic carbocycles. The molecule has 13 nitrogen and oxygen atoms in total. The van der Waals surface area contributed by atoms with Crippen LogP contribution in [0.2, 0.25) is 0 Å². The summed E-state index contributed by atoms with van der Waals surface area (Å²) < 4.78 is 5.34. The van der Waals surface area contributed by atoms with E-state index in [1.54, 1.807) is 27.7 Å². The summed E-state index contributed by atoms with van der Waals surface area (Å²) in [7, 11) is 0. The maximum absolute atomic E-state index is 13.8. The first-order valence-electron chi connectivity index (χ1n) is 17.9. The van der Waals surface area contributed by atoms with Crippen LogP contribution in [0, 0.1) is 36.5 Å². The van der Waals surface area contributed by atoms with Gasteiger partial charge in [-0.25, -0.2) is 9.78 Å². The van der Waals surface area contributed by atoms with Crippen LogP contribution in [0.1, 0.15) is 106 Å². The molecule has 6 N–H and O–H groups in total. The van der Waals surface area contributed by atoms with Gasteiger partial charge in [-0.05, 0) is 64.7 Å². The maximum atomic E-state index is 13.8. The van der Waals surface area contributed by atoms with Crippen molar-refractivity contribution in [1.29, 1.82) is 0 Å². The van der Waals surface area contributed by atoms with Gasteiger partial charge in [0.25, 0.3) is 0 Å². The van der Waals surface area contributed by atoms with E-state index >= 15 is 0 Å². The molecule has 0 spiro atoms. The second-order valence-electron chi connectivity index (χ2n) is 15.4. The quantitative estimate of drug-likeness (QED) is 0.117. The van der Waals surface area contributed by atoms with Gasteiger partial charge in [0.2, 0.25) is 23.6 Å². The molecular formula is C36H64N6O7S. The van der Waals surface area contributed by atoms with E-state index in [-0.39, 0.29) is 48.4 Å². The SMILES string of the molecule is CC[C@@H](Cc1csc(C)n1)C(=O)N[C@@H](CNC(=O)OC(C)(C)C)C(=O)N[C@@H](CC(C)C)[C@@H](O)C[C@@H](C)C(=O)N[C@H](C(=O)NCC(C)C)C(C)C. The number of carbonyl (C=O) groups excluding carboxylic acids is 5. The van der Waals surface area contributed by atoms with Crippen LogP contribution >= 0.6 is 11.3 Å². The van der Waals surface area contributed by atoms with Crippen molar-refractivity contribution >= 4 is 41.1 Å². The van der Waals surface area contributed by atoms with Gasteiger partial charge in [0, 0.05) is 30.2 Å². The Morgan fingerprint density at radius 3 is 1.98 bits per heavy atom. The lowest BCUT2D eigenvalue weighted by Gasteiger charge is -2.30. The van der Waals surface area contributed by atoms with E-state index in [9.17, 15) is 29.1 Å². The van der Waals surface area contributed by atoms with Crippen LogP contribution < -0.4 is 26.6 Å². The highest BCUT2D eigenvalue weighted by atomic mass is 32.1. The summed E-state index contributed by atoms with van der Waals surface area (Å²) in [5.41, 5.74) is 0.0172. The van der Waals surface area contributed by atoms with Crippen LogP contribution in [0.5, 0.6) is 0 Å². The molecule has 0 saturated heterocycles. The molecule has 1 heterocycles. The van der Waals surface area contributed by atoms with Crippen molar-refractivity contribution in [2.75, 3.05) is 13.1 Å². The number of aryl methyl sites for hydroxylation is 1. The Balaban J connectivity index is 3.13. The number of hydrogen-bond acceptors (Lipinski definition) is 9. The first kappa shape index (κ1) is 44.8. The molecule has 0 saturated carbocycles. The molecule has 0 radical (unpaired) electrons. The molecule has 1 aromatic rings. The Labute approximate surface area is 303 Å². The number of nitrogens with zero attached hydrogens (tertiary/aromatic N) is 1. The molecule has 14 heteroatoms. The lowest BCUT2D eigenvalue weighted by Crippen LogP contribution is -2.57. The average Bonchev–Trinajstić information content (AvgIpc) is 3.41. The summed E-state index contributed by atoms with van der Waals surface area (Å²) in [6.45, 7) is 22.4. The average molecular weight is 725 g/mol. The summed E-state index contributed by atoms with van der Waals surface area (Å²) in [6.07, 6.45) is -0.575.